The van der Waals surface area contributed by atoms with E-state index in [1.54, 1.807) is 22.7 Å². The number of thiophene rings is 1. The van der Waals surface area contributed by atoms with E-state index in [2.05, 4.69) is 5.32 Å². The summed E-state index contributed by atoms with van der Waals surface area (Å²) in [4.78, 5) is 27.3. The molecule has 0 spiro atoms. The summed E-state index contributed by atoms with van der Waals surface area (Å²) in [6.45, 7) is 2.00. The van der Waals surface area contributed by atoms with Crippen LogP contribution in [0.5, 0.6) is 0 Å². The zero-order valence-corrected chi connectivity index (χ0v) is 13.7. The van der Waals surface area contributed by atoms with Crippen LogP contribution in [0.1, 0.15) is 15.2 Å². The number of amides is 2. The quantitative estimate of drug-likeness (QED) is 0.939. The lowest BCUT2D eigenvalue weighted by Crippen LogP contribution is -2.44. The van der Waals surface area contributed by atoms with Gasteiger partial charge in [-0.15, -0.1) is 23.1 Å². The number of nitrogens with one attached hydrogen (secondary N) is 1. The molecule has 4 nitrogen and oxygen atoms in total. The van der Waals surface area contributed by atoms with Gasteiger partial charge in [-0.05, 0) is 30.5 Å². The highest BCUT2D eigenvalue weighted by molar-refractivity contribution is 7.99. The lowest BCUT2D eigenvalue weighted by Gasteiger charge is -2.22. The van der Waals surface area contributed by atoms with Gasteiger partial charge in [0, 0.05) is 11.4 Å². The Hall–Kier alpha value is -1.79. The minimum atomic E-state index is -0.416. The highest BCUT2D eigenvalue weighted by atomic mass is 32.2. The third-order valence-electron chi connectivity index (χ3n) is 3.50. The number of thioether (sulfide) groups is 1. The smallest absolute Gasteiger partial charge is 0.265 e. The van der Waals surface area contributed by atoms with Crippen molar-refractivity contribution in [2.45, 2.75) is 13.0 Å². The van der Waals surface area contributed by atoms with E-state index in [1.165, 1.54) is 11.3 Å². The van der Waals surface area contributed by atoms with Crippen LogP contribution in [-0.4, -0.2) is 34.4 Å². The molecule has 1 aromatic carbocycles. The Morgan fingerprint density at radius 3 is 2.68 bits per heavy atom. The molecule has 1 atom stereocenters. The molecule has 3 rings (SSSR count). The van der Waals surface area contributed by atoms with E-state index in [0.29, 0.717) is 16.5 Å². The first kappa shape index (κ1) is 15.1. The molecule has 114 valence electrons. The van der Waals surface area contributed by atoms with Gasteiger partial charge < -0.3 is 10.2 Å². The summed E-state index contributed by atoms with van der Waals surface area (Å²) in [5, 5.41) is 4.77. The van der Waals surface area contributed by atoms with E-state index in [9.17, 15) is 9.59 Å². The summed E-state index contributed by atoms with van der Waals surface area (Å²) in [5.74, 6) is 1.00. The average molecular weight is 332 g/mol. The van der Waals surface area contributed by atoms with Crippen LogP contribution in [0.3, 0.4) is 0 Å². The second kappa shape index (κ2) is 6.54. The third kappa shape index (κ3) is 3.18. The summed E-state index contributed by atoms with van der Waals surface area (Å²) >= 11 is 3.01. The molecular formula is C16H16N2O2S2. The molecule has 2 heterocycles. The van der Waals surface area contributed by atoms with E-state index in [4.69, 9.17) is 0 Å². The first-order chi connectivity index (χ1) is 10.6. The van der Waals surface area contributed by atoms with Gasteiger partial charge in [0.2, 0.25) is 5.91 Å². The lowest BCUT2D eigenvalue weighted by atomic mass is 10.2. The standard InChI is InChI=1S/C16H16N2O2S2/c1-11-4-6-12(7-5-11)17-15(19)13-9-21-10-18(13)16(20)14-3-2-8-22-14/h2-8,13H,9-10H2,1H3,(H,17,19). The third-order valence-corrected chi connectivity index (χ3v) is 5.37. The topological polar surface area (TPSA) is 49.4 Å². The van der Waals surface area contributed by atoms with Crippen molar-refractivity contribution in [3.63, 3.8) is 0 Å². The van der Waals surface area contributed by atoms with Crippen LogP contribution in [0.4, 0.5) is 5.69 Å². The van der Waals surface area contributed by atoms with Gasteiger partial charge in [0.1, 0.15) is 6.04 Å². The molecule has 2 aromatic rings. The SMILES string of the molecule is Cc1ccc(NC(=O)C2CSCN2C(=O)c2cccs2)cc1. The van der Waals surface area contributed by atoms with Gasteiger partial charge in [-0.2, -0.15) is 0 Å². The van der Waals surface area contributed by atoms with Crippen molar-refractivity contribution in [1.29, 1.82) is 0 Å². The van der Waals surface area contributed by atoms with Crippen molar-refractivity contribution in [2.24, 2.45) is 0 Å². The first-order valence-corrected chi connectivity index (χ1v) is 8.98. The maximum absolute atomic E-state index is 12.5. The maximum Gasteiger partial charge on any atom is 0.265 e. The summed E-state index contributed by atoms with van der Waals surface area (Å²) in [6, 6.07) is 10.9. The largest absolute Gasteiger partial charge is 0.324 e. The number of nitrogens with zero attached hydrogens (tertiary/aromatic N) is 1. The van der Waals surface area contributed by atoms with Crippen LogP contribution in [0.2, 0.25) is 0 Å². The van der Waals surface area contributed by atoms with Gasteiger partial charge >= 0.3 is 0 Å². The van der Waals surface area contributed by atoms with Crippen LogP contribution in [0, 0.1) is 6.92 Å². The second-order valence-electron chi connectivity index (χ2n) is 5.12. The monoisotopic (exact) mass is 332 g/mol. The highest BCUT2D eigenvalue weighted by Crippen LogP contribution is 2.25. The molecule has 1 aromatic heterocycles. The van der Waals surface area contributed by atoms with E-state index >= 15 is 0 Å². The first-order valence-electron chi connectivity index (χ1n) is 6.95. The van der Waals surface area contributed by atoms with Crippen LogP contribution in [0.15, 0.2) is 41.8 Å². The average Bonchev–Trinajstić information content (AvgIpc) is 3.20. The van der Waals surface area contributed by atoms with Crippen molar-refractivity contribution in [2.75, 3.05) is 16.9 Å². The second-order valence-corrected chi connectivity index (χ2v) is 7.07. The van der Waals surface area contributed by atoms with Gasteiger partial charge in [-0.3, -0.25) is 9.59 Å². The van der Waals surface area contributed by atoms with Crippen LogP contribution < -0.4 is 5.32 Å². The predicted octanol–water partition coefficient (Wildman–Crippen LogP) is 3.21. The summed E-state index contributed by atoms with van der Waals surface area (Å²) in [7, 11) is 0. The molecule has 0 bridgehead atoms. The number of hydrogen-bond acceptors (Lipinski definition) is 4. The predicted molar refractivity (Wildman–Crippen MR) is 91.4 cm³/mol. The number of aryl methyl sites for hydroxylation is 1. The molecule has 1 aliphatic rings. The number of anilines is 1. The Labute approximate surface area is 137 Å². The fourth-order valence-corrected chi connectivity index (χ4v) is 4.10. The minimum absolute atomic E-state index is 0.0657. The number of benzene rings is 1. The maximum atomic E-state index is 12.5. The van der Waals surface area contributed by atoms with Crippen molar-refractivity contribution >= 4 is 40.6 Å². The Morgan fingerprint density at radius 1 is 1.23 bits per heavy atom. The molecule has 6 heteroatoms. The number of carbonyl (C=O) groups is 2. The van der Waals surface area contributed by atoms with Crippen molar-refractivity contribution in [1.82, 2.24) is 4.90 Å². The molecule has 0 radical (unpaired) electrons. The molecule has 22 heavy (non-hydrogen) atoms. The Bertz CT molecular complexity index is 668. The van der Waals surface area contributed by atoms with Crippen molar-refractivity contribution in [3.05, 3.63) is 52.2 Å². The lowest BCUT2D eigenvalue weighted by molar-refractivity contribution is -0.119. The van der Waals surface area contributed by atoms with E-state index in [-0.39, 0.29) is 11.8 Å². The molecule has 1 unspecified atom stereocenters. The van der Waals surface area contributed by atoms with Gasteiger partial charge in [0.05, 0.1) is 10.8 Å². The normalized spacial score (nSPS) is 17.5. The van der Waals surface area contributed by atoms with Crippen molar-refractivity contribution in [3.8, 4) is 0 Å². The van der Waals surface area contributed by atoms with Crippen LogP contribution in [-0.2, 0) is 4.79 Å². The van der Waals surface area contributed by atoms with E-state index in [0.717, 1.165) is 11.3 Å². The van der Waals surface area contributed by atoms with E-state index < -0.39 is 6.04 Å². The van der Waals surface area contributed by atoms with Gasteiger partial charge in [0.25, 0.3) is 5.91 Å². The Morgan fingerprint density at radius 2 is 2.00 bits per heavy atom. The molecule has 0 saturated carbocycles. The van der Waals surface area contributed by atoms with Crippen molar-refractivity contribution < 1.29 is 9.59 Å². The summed E-state index contributed by atoms with van der Waals surface area (Å²) in [5.41, 5.74) is 1.90. The zero-order chi connectivity index (χ0) is 15.5. The summed E-state index contributed by atoms with van der Waals surface area (Å²) in [6.07, 6.45) is 0. The zero-order valence-electron chi connectivity index (χ0n) is 12.1. The van der Waals surface area contributed by atoms with E-state index in [1.807, 2.05) is 42.6 Å². The number of rotatable bonds is 3. The minimum Gasteiger partial charge on any atom is -0.324 e. The Kier molecular flexibility index (Phi) is 4.49. The molecule has 1 saturated heterocycles. The number of carbonyl (C=O) groups excluding carboxylic acids is 2. The fourth-order valence-electron chi connectivity index (χ4n) is 2.26. The van der Waals surface area contributed by atoms with Gasteiger partial charge in [0.15, 0.2) is 0 Å². The number of hydrogen-bond donors (Lipinski definition) is 1. The van der Waals surface area contributed by atoms with Crippen LogP contribution in [0.25, 0.3) is 0 Å². The fraction of sp³-hybridized carbons (Fsp3) is 0.250. The van der Waals surface area contributed by atoms with Gasteiger partial charge in [-0.1, -0.05) is 23.8 Å². The molecule has 0 aliphatic carbocycles. The summed E-state index contributed by atoms with van der Waals surface area (Å²) < 4.78 is 0. The molecule has 1 N–H and O–H groups in total. The highest BCUT2D eigenvalue weighted by Gasteiger charge is 2.35. The van der Waals surface area contributed by atoms with Crippen LogP contribution >= 0.6 is 23.1 Å². The molecule has 2 amide bonds. The molecular weight excluding hydrogens is 316 g/mol. The van der Waals surface area contributed by atoms with Gasteiger partial charge in [-0.25, -0.2) is 0 Å². The Balaban J connectivity index is 1.71. The molecule has 1 fully saturated rings. The molecule has 1 aliphatic heterocycles.